The van der Waals surface area contributed by atoms with Crippen molar-refractivity contribution in [3.63, 3.8) is 0 Å². The first kappa shape index (κ1) is 14.9. The molecule has 0 N–H and O–H groups in total. The minimum absolute atomic E-state index is 0.0133. The van der Waals surface area contributed by atoms with Crippen molar-refractivity contribution in [3.8, 4) is 11.4 Å². The fraction of sp³-hybridized carbons (Fsp3) is 0.231. The molecule has 1 aromatic carbocycles. The number of carbonyl (C=O) groups is 1. The van der Waals surface area contributed by atoms with Crippen molar-refractivity contribution in [1.29, 1.82) is 0 Å². The maximum Gasteiger partial charge on any atom is 0.393 e. The molecule has 8 heteroatoms. The predicted molar refractivity (Wildman–Crippen MR) is 68.5 cm³/mol. The Labute approximate surface area is 117 Å². The number of amides is 1. The lowest BCUT2D eigenvalue weighted by Gasteiger charge is -2.07. The van der Waals surface area contributed by atoms with E-state index in [1.807, 2.05) is 0 Å². The summed E-state index contributed by atoms with van der Waals surface area (Å²) in [6, 6.07) is 5.64. The van der Waals surface area contributed by atoms with Gasteiger partial charge in [0, 0.05) is 17.8 Å². The molecule has 0 saturated carbocycles. The van der Waals surface area contributed by atoms with E-state index in [9.17, 15) is 22.9 Å². The Morgan fingerprint density at radius 3 is 2.43 bits per heavy atom. The maximum absolute atomic E-state index is 12.3. The third-order valence-corrected chi connectivity index (χ3v) is 2.91. The summed E-state index contributed by atoms with van der Waals surface area (Å²) in [7, 11) is 1.52. The molecule has 5 nitrogen and oxygen atoms in total. The monoisotopic (exact) mass is 297 g/mol. The van der Waals surface area contributed by atoms with Gasteiger partial charge in [-0.1, -0.05) is 24.3 Å². The molecule has 1 amide bonds. The quantitative estimate of drug-likeness (QED) is 0.818. The van der Waals surface area contributed by atoms with E-state index in [4.69, 9.17) is 0 Å². The first-order valence-electron chi connectivity index (χ1n) is 5.87. The van der Waals surface area contributed by atoms with Crippen molar-refractivity contribution in [2.24, 2.45) is 12.2 Å². The molecule has 1 heterocycles. The third-order valence-electron chi connectivity index (χ3n) is 2.91. The number of nitroso groups, excluding NO2 is 1. The number of nitrogens with zero attached hydrogens (tertiary/aromatic N) is 3. The topological polar surface area (TPSA) is 64.3 Å². The second kappa shape index (κ2) is 5.47. The summed E-state index contributed by atoms with van der Waals surface area (Å²) in [5.41, 5.74) is 0.680. The molecule has 0 atom stereocenters. The van der Waals surface area contributed by atoms with Gasteiger partial charge in [0.15, 0.2) is 0 Å². The van der Waals surface area contributed by atoms with Gasteiger partial charge in [0.25, 0.3) is 0 Å². The highest BCUT2D eigenvalue weighted by Crippen LogP contribution is 2.24. The van der Waals surface area contributed by atoms with E-state index in [1.165, 1.54) is 42.1 Å². The molecule has 21 heavy (non-hydrogen) atoms. The fourth-order valence-corrected chi connectivity index (χ4v) is 1.93. The molecule has 0 aliphatic rings. The number of imidazole rings is 1. The lowest BCUT2D eigenvalue weighted by molar-refractivity contribution is -0.127. The lowest BCUT2D eigenvalue weighted by atomic mass is 10.1. The van der Waals surface area contributed by atoms with E-state index in [2.05, 4.69) is 10.2 Å². The molecule has 0 aliphatic heterocycles. The molecular weight excluding hydrogens is 287 g/mol. The number of alkyl halides is 3. The van der Waals surface area contributed by atoms with Gasteiger partial charge in [-0.3, -0.25) is 4.79 Å². The summed E-state index contributed by atoms with van der Waals surface area (Å²) in [5, 5.41) is 2.31. The molecular formula is C13H10F3N3O2. The van der Waals surface area contributed by atoms with Gasteiger partial charge in [-0.25, -0.2) is 4.98 Å². The molecule has 2 aromatic rings. The largest absolute Gasteiger partial charge is 0.393 e. The van der Waals surface area contributed by atoms with Gasteiger partial charge in [-0.15, -0.1) is 4.91 Å². The van der Waals surface area contributed by atoms with Crippen LogP contribution in [0.25, 0.3) is 11.4 Å². The second-order valence-electron chi connectivity index (χ2n) is 4.41. The Bertz CT molecular complexity index is 675. The van der Waals surface area contributed by atoms with Gasteiger partial charge in [0.05, 0.1) is 12.6 Å². The van der Waals surface area contributed by atoms with Gasteiger partial charge >= 0.3 is 12.1 Å². The van der Waals surface area contributed by atoms with Crippen molar-refractivity contribution >= 4 is 5.91 Å². The van der Waals surface area contributed by atoms with Crippen LogP contribution in [-0.4, -0.2) is 21.6 Å². The summed E-state index contributed by atoms with van der Waals surface area (Å²) >= 11 is 0. The van der Waals surface area contributed by atoms with Crippen LogP contribution >= 0.6 is 0 Å². The van der Waals surface area contributed by atoms with Crippen molar-refractivity contribution in [2.45, 2.75) is 12.6 Å². The van der Waals surface area contributed by atoms with Crippen LogP contribution in [0, 0.1) is 4.91 Å². The van der Waals surface area contributed by atoms with E-state index < -0.39 is 18.5 Å². The fourth-order valence-electron chi connectivity index (χ4n) is 1.93. The molecule has 0 unspecified atom stereocenters. The van der Waals surface area contributed by atoms with Crippen LogP contribution in [0.4, 0.5) is 13.2 Å². The number of aromatic nitrogens is 2. The Kier molecular flexibility index (Phi) is 3.88. The zero-order chi connectivity index (χ0) is 15.6. The van der Waals surface area contributed by atoms with Gasteiger partial charge in [0.1, 0.15) is 11.5 Å². The van der Waals surface area contributed by atoms with Crippen molar-refractivity contribution in [3.05, 3.63) is 46.6 Å². The summed E-state index contributed by atoms with van der Waals surface area (Å²) in [4.78, 5) is 25.4. The van der Waals surface area contributed by atoms with Crippen molar-refractivity contribution in [2.75, 3.05) is 0 Å². The van der Waals surface area contributed by atoms with E-state index >= 15 is 0 Å². The Hall–Kier alpha value is -2.51. The molecule has 0 bridgehead atoms. The average Bonchev–Trinajstić information content (AvgIpc) is 2.79. The van der Waals surface area contributed by atoms with Gasteiger partial charge in [-0.05, 0) is 5.56 Å². The van der Waals surface area contributed by atoms with E-state index in [1.54, 1.807) is 0 Å². The summed E-state index contributed by atoms with van der Waals surface area (Å²) in [6.45, 7) is 0. The molecule has 2 rings (SSSR count). The first-order chi connectivity index (χ1) is 9.81. The highest BCUT2D eigenvalue weighted by Gasteiger charge is 2.27. The summed E-state index contributed by atoms with van der Waals surface area (Å²) < 4.78 is 38.2. The molecule has 0 saturated heterocycles. The van der Waals surface area contributed by atoms with Crippen LogP contribution in [0.2, 0.25) is 0 Å². The van der Waals surface area contributed by atoms with Crippen LogP contribution in [0.5, 0.6) is 0 Å². The van der Waals surface area contributed by atoms with Crippen molar-refractivity contribution < 1.29 is 18.0 Å². The molecule has 0 fully saturated rings. The molecule has 0 radical (unpaired) electrons. The Morgan fingerprint density at radius 1 is 1.29 bits per heavy atom. The highest BCUT2D eigenvalue weighted by molar-refractivity contribution is 5.93. The van der Waals surface area contributed by atoms with E-state index in [0.29, 0.717) is 11.4 Å². The third kappa shape index (κ3) is 3.33. The van der Waals surface area contributed by atoms with Gasteiger partial charge in [0.2, 0.25) is 0 Å². The SMILES string of the molecule is Cn1c(C(=O)N=O)cnc1-c1ccc(CC(F)(F)F)cc1. The highest BCUT2D eigenvalue weighted by atomic mass is 19.4. The van der Waals surface area contributed by atoms with Crippen LogP contribution < -0.4 is 0 Å². The van der Waals surface area contributed by atoms with Crippen LogP contribution in [0.15, 0.2) is 35.6 Å². The standard InChI is InChI=1S/C13H10F3N3O2/c1-19-10(12(20)18-21)7-17-11(19)9-4-2-8(3-5-9)6-13(14,15)16/h2-5,7H,6H2,1H3. The average molecular weight is 297 g/mol. The second-order valence-corrected chi connectivity index (χ2v) is 4.41. The number of hydrogen-bond donors (Lipinski definition) is 0. The molecule has 0 spiro atoms. The van der Waals surface area contributed by atoms with Crippen molar-refractivity contribution in [1.82, 2.24) is 9.55 Å². The number of hydrogen-bond acceptors (Lipinski definition) is 3. The number of carbonyl (C=O) groups excluding carboxylic acids is 1. The van der Waals surface area contributed by atoms with Crippen LogP contribution in [0.1, 0.15) is 16.1 Å². The van der Waals surface area contributed by atoms with Crippen LogP contribution in [-0.2, 0) is 13.5 Å². The number of rotatable bonds is 3. The lowest BCUT2D eigenvalue weighted by Crippen LogP contribution is -2.11. The summed E-state index contributed by atoms with van der Waals surface area (Å²) in [5.74, 6) is -0.592. The maximum atomic E-state index is 12.3. The molecule has 110 valence electrons. The van der Waals surface area contributed by atoms with E-state index in [0.717, 1.165) is 0 Å². The Morgan fingerprint density at radius 2 is 1.90 bits per heavy atom. The minimum atomic E-state index is -4.26. The zero-order valence-electron chi connectivity index (χ0n) is 10.9. The summed E-state index contributed by atoms with van der Waals surface area (Å²) in [6.07, 6.45) is -4.07. The predicted octanol–water partition coefficient (Wildman–Crippen LogP) is 3.10. The van der Waals surface area contributed by atoms with Gasteiger partial charge in [-0.2, -0.15) is 13.2 Å². The normalized spacial score (nSPS) is 11.4. The zero-order valence-corrected chi connectivity index (χ0v) is 10.9. The van der Waals surface area contributed by atoms with Crippen LogP contribution in [0.3, 0.4) is 0 Å². The smallest absolute Gasteiger partial charge is 0.323 e. The number of halogens is 3. The number of benzene rings is 1. The van der Waals surface area contributed by atoms with Gasteiger partial charge < -0.3 is 4.57 Å². The molecule has 1 aromatic heterocycles. The molecule has 0 aliphatic carbocycles. The Balaban J connectivity index is 2.29. The van der Waals surface area contributed by atoms with E-state index in [-0.39, 0.29) is 11.3 Å². The first-order valence-corrected chi connectivity index (χ1v) is 5.87. The minimum Gasteiger partial charge on any atom is -0.323 e.